The van der Waals surface area contributed by atoms with Gasteiger partial charge in [-0.15, -0.1) is 11.8 Å². The second-order valence-electron chi connectivity index (χ2n) is 5.73. The predicted molar refractivity (Wildman–Crippen MR) is 98.8 cm³/mol. The highest BCUT2D eigenvalue weighted by molar-refractivity contribution is 7.99. The first-order valence-electron chi connectivity index (χ1n) is 7.77. The molecule has 0 amide bonds. The molecule has 0 saturated heterocycles. The maximum atomic E-state index is 12.8. The Morgan fingerprint density at radius 1 is 1.12 bits per heavy atom. The molecule has 0 spiro atoms. The molecule has 4 rings (SSSR count). The lowest BCUT2D eigenvalue weighted by molar-refractivity contribution is 0.478. The Labute approximate surface area is 143 Å². The molecular formula is C19H16N2O2S. The second kappa shape index (κ2) is 5.83. The Hall–Kier alpha value is -2.53. The van der Waals surface area contributed by atoms with Crippen molar-refractivity contribution in [3.8, 4) is 5.75 Å². The molecule has 0 saturated carbocycles. The summed E-state index contributed by atoms with van der Waals surface area (Å²) in [7, 11) is 1.73. The van der Waals surface area contributed by atoms with Crippen molar-refractivity contribution in [3.05, 3.63) is 64.4 Å². The van der Waals surface area contributed by atoms with Crippen LogP contribution < -0.4 is 5.56 Å². The van der Waals surface area contributed by atoms with E-state index >= 15 is 0 Å². The topological polar surface area (TPSA) is 54.6 Å². The van der Waals surface area contributed by atoms with Crippen LogP contribution in [-0.4, -0.2) is 21.1 Å². The minimum absolute atomic E-state index is 0.0248. The number of pyridine rings is 1. The first-order chi connectivity index (χ1) is 11.7. The van der Waals surface area contributed by atoms with E-state index < -0.39 is 0 Å². The number of aromatic nitrogens is 1. The summed E-state index contributed by atoms with van der Waals surface area (Å²) >= 11 is 1.72. The molecule has 1 aromatic heterocycles. The van der Waals surface area contributed by atoms with Gasteiger partial charge >= 0.3 is 0 Å². The summed E-state index contributed by atoms with van der Waals surface area (Å²) in [5.41, 5.74) is 2.32. The van der Waals surface area contributed by atoms with Gasteiger partial charge in [-0.05, 0) is 24.3 Å². The minimum atomic E-state index is -0.214. The molecule has 4 nitrogen and oxygen atoms in total. The summed E-state index contributed by atoms with van der Waals surface area (Å²) in [5.74, 6) is 0.850. The van der Waals surface area contributed by atoms with E-state index in [1.54, 1.807) is 23.4 Å². The van der Waals surface area contributed by atoms with Gasteiger partial charge in [-0.2, -0.15) is 0 Å². The van der Waals surface area contributed by atoms with Gasteiger partial charge in [-0.1, -0.05) is 24.3 Å². The van der Waals surface area contributed by atoms with Gasteiger partial charge in [0.15, 0.2) is 0 Å². The first-order valence-corrected chi connectivity index (χ1v) is 8.76. The van der Waals surface area contributed by atoms with Gasteiger partial charge in [0.2, 0.25) is 0 Å². The number of rotatable bonds is 1. The van der Waals surface area contributed by atoms with Crippen LogP contribution in [0.5, 0.6) is 5.75 Å². The maximum absolute atomic E-state index is 12.8. The highest BCUT2D eigenvalue weighted by Crippen LogP contribution is 2.35. The number of fused-ring (bicyclic) bond motifs is 2. The molecule has 5 heteroatoms. The lowest BCUT2D eigenvalue weighted by atomic mass is 10.0. The standard InChI is InChI=1S/C19H16N2O2S/c1-21-15-8-4-2-6-12(15)18(22)17(19(21)23)14-10-11-24-16-9-5-3-7-13(16)20-14/h2-9,22H,10-11H2,1H3. The Morgan fingerprint density at radius 2 is 1.88 bits per heavy atom. The number of aryl methyl sites for hydroxylation is 1. The van der Waals surface area contributed by atoms with Gasteiger partial charge in [0, 0.05) is 29.5 Å². The maximum Gasteiger partial charge on any atom is 0.263 e. The lowest BCUT2D eigenvalue weighted by Crippen LogP contribution is -2.25. The molecular weight excluding hydrogens is 320 g/mol. The summed E-state index contributed by atoms with van der Waals surface area (Å²) in [6.07, 6.45) is 0.639. The molecule has 24 heavy (non-hydrogen) atoms. The van der Waals surface area contributed by atoms with Crippen LogP contribution in [0.1, 0.15) is 12.0 Å². The van der Waals surface area contributed by atoms with E-state index in [0.29, 0.717) is 28.6 Å². The van der Waals surface area contributed by atoms with E-state index in [-0.39, 0.29) is 11.3 Å². The summed E-state index contributed by atoms with van der Waals surface area (Å²) < 4.78 is 1.58. The van der Waals surface area contributed by atoms with Crippen LogP contribution in [0.15, 0.2) is 63.2 Å². The van der Waals surface area contributed by atoms with Gasteiger partial charge in [0.05, 0.1) is 16.9 Å². The van der Waals surface area contributed by atoms with Crippen molar-refractivity contribution in [1.82, 2.24) is 4.57 Å². The second-order valence-corrected chi connectivity index (χ2v) is 6.87. The molecule has 0 fully saturated rings. The molecule has 0 radical (unpaired) electrons. The van der Waals surface area contributed by atoms with Crippen molar-refractivity contribution < 1.29 is 5.11 Å². The van der Waals surface area contributed by atoms with Gasteiger partial charge in [0.1, 0.15) is 11.3 Å². The number of aliphatic imine (C=N–C) groups is 1. The molecule has 0 aliphatic carbocycles. The molecule has 2 aromatic carbocycles. The van der Waals surface area contributed by atoms with Crippen molar-refractivity contribution in [1.29, 1.82) is 0 Å². The third kappa shape index (κ3) is 2.32. The van der Waals surface area contributed by atoms with Crippen molar-refractivity contribution in [2.24, 2.45) is 12.0 Å². The smallest absolute Gasteiger partial charge is 0.263 e. The van der Waals surface area contributed by atoms with Crippen LogP contribution >= 0.6 is 11.8 Å². The zero-order valence-electron chi connectivity index (χ0n) is 13.2. The first kappa shape index (κ1) is 15.0. The number of hydrogen-bond donors (Lipinski definition) is 1. The largest absolute Gasteiger partial charge is 0.506 e. The molecule has 0 bridgehead atoms. The van der Waals surface area contributed by atoms with Crippen LogP contribution in [-0.2, 0) is 7.05 Å². The van der Waals surface area contributed by atoms with E-state index in [0.717, 1.165) is 16.3 Å². The third-order valence-electron chi connectivity index (χ3n) is 4.28. The fourth-order valence-electron chi connectivity index (χ4n) is 3.05. The van der Waals surface area contributed by atoms with Crippen LogP contribution in [0.25, 0.3) is 10.9 Å². The van der Waals surface area contributed by atoms with Gasteiger partial charge < -0.3 is 9.67 Å². The number of thioether (sulfide) groups is 1. The van der Waals surface area contributed by atoms with E-state index in [4.69, 9.17) is 4.99 Å². The Balaban J connectivity index is 2.01. The summed E-state index contributed by atoms with van der Waals surface area (Å²) in [6.45, 7) is 0. The molecule has 1 aliphatic heterocycles. The summed E-state index contributed by atoms with van der Waals surface area (Å²) in [6, 6.07) is 15.3. The highest BCUT2D eigenvalue weighted by atomic mass is 32.2. The Kier molecular flexibility index (Phi) is 3.65. The van der Waals surface area contributed by atoms with Crippen LogP contribution in [0.4, 0.5) is 5.69 Å². The normalized spacial score (nSPS) is 14.1. The number of para-hydroxylation sites is 2. The molecule has 120 valence electrons. The zero-order chi connectivity index (χ0) is 16.7. The number of aromatic hydroxyl groups is 1. The molecule has 1 aliphatic rings. The van der Waals surface area contributed by atoms with E-state index in [9.17, 15) is 9.90 Å². The van der Waals surface area contributed by atoms with Crippen LogP contribution in [0.2, 0.25) is 0 Å². The summed E-state index contributed by atoms with van der Waals surface area (Å²) in [4.78, 5) is 18.6. The average molecular weight is 336 g/mol. The number of nitrogens with zero attached hydrogens (tertiary/aromatic N) is 2. The number of hydrogen-bond acceptors (Lipinski definition) is 4. The Morgan fingerprint density at radius 3 is 2.75 bits per heavy atom. The molecule has 3 aromatic rings. The molecule has 0 atom stereocenters. The van der Waals surface area contributed by atoms with Crippen molar-refractivity contribution in [2.75, 3.05) is 5.75 Å². The molecule has 1 N–H and O–H groups in total. The van der Waals surface area contributed by atoms with Crippen LogP contribution in [0, 0.1) is 0 Å². The van der Waals surface area contributed by atoms with Gasteiger partial charge in [-0.25, -0.2) is 0 Å². The van der Waals surface area contributed by atoms with Crippen molar-refractivity contribution in [3.63, 3.8) is 0 Å². The highest BCUT2D eigenvalue weighted by Gasteiger charge is 2.21. The molecule has 0 unspecified atom stereocenters. The fourth-order valence-corrected chi connectivity index (χ4v) is 4.00. The molecule has 2 heterocycles. The monoisotopic (exact) mass is 336 g/mol. The van der Waals surface area contributed by atoms with Gasteiger partial charge in [-0.3, -0.25) is 9.79 Å². The van der Waals surface area contributed by atoms with E-state index in [1.165, 1.54) is 0 Å². The van der Waals surface area contributed by atoms with Crippen molar-refractivity contribution >= 4 is 34.1 Å². The lowest BCUT2D eigenvalue weighted by Gasteiger charge is -2.12. The van der Waals surface area contributed by atoms with Gasteiger partial charge in [0.25, 0.3) is 5.56 Å². The van der Waals surface area contributed by atoms with Crippen molar-refractivity contribution in [2.45, 2.75) is 11.3 Å². The average Bonchev–Trinajstić information content (AvgIpc) is 2.82. The van der Waals surface area contributed by atoms with Crippen LogP contribution in [0.3, 0.4) is 0 Å². The fraction of sp³-hybridized carbons (Fsp3) is 0.158. The summed E-state index contributed by atoms with van der Waals surface area (Å²) in [5, 5.41) is 11.4. The quantitative estimate of drug-likeness (QED) is 0.734. The minimum Gasteiger partial charge on any atom is -0.506 e. The predicted octanol–water partition coefficient (Wildman–Crippen LogP) is 3.86. The van der Waals surface area contributed by atoms with E-state index in [1.807, 2.05) is 48.5 Å². The van der Waals surface area contributed by atoms with E-state index in [2.05, 4.69) is 0 Å². The zero-order valence-corrected chi connectivity index (χ0v) is 14.0. The Bertz CT molecular complexity index is 1040. The number of benzene rings is 2. The third-order valence-corrected chi connectivity index (χ3v) is 5.35. The SMILES string of the molecule is Cn1c(=O)c(C2=Nc3ccccc3SCC2)c(O)c2ccccc21.